The molecule has 3 aromatic rings. The van der Waals surface area contributed by atoms with Crippen LogP contribution >= 0.6 is 8.58 Å². The van der Waals surface area contributed by atoms with Crippen LogP contribution in [0.15, 0.2) is 60.7 Å². The molecule has 0 spiro atoms. The van der Waals surface area contributed by atoms with Crippen molar-refractivity contribution in [1.82, 2.24) is 0 Å². The van der Waals surface area contributed by atoms with Crippen LogP contribution in [0.5, 0.6) is 11.5 Å². The number of para-hydroxylation sites is 1. The predicted octanol–water partition coefficient (Wildman–Crippen LogP) is 6.85. The Hall–Kier alpha value is -2.44. The predicted molar refractivity (Wildman–Crippen MR) is 125 cm³/mol. The molecule has 0 radical (unpaired) electrons. The maximum Gasteiger partial charge on any atom is 0.186 e. The largest absolute Gasteiger partial charge is 0.457 e. The van der Waals surface area contributed by atoms with Crippen molar-refractivity contribution in [3.63, 3.8) is 0 Å². The Kier molecular flexibility index (Phi) is 6.24. The van der Waals surface area contributed by atoms with E-state index in [4.69, 9.17) is 4.74 Å². The summed E-state index contributed by atoms with van der Waals surface area (Å²) < 4.78 is 5.91. The maximum atomic E-state index is 13.1. The summed E-state index contributed by atoms with van der Waals surface area (Å²) >= 11 is 0. The number of carbonyl (C=O) groups is 1. The summed E-state index contributed by atoms with van der Waals surface area (Å²) in [5.74, 6) is 1.60. The summed E-state index contributed by atoms with van der Waals surface area (Å²) in [6.07, 6.45) is 0. The molecule has 3 rings (SSSR count). The Labute approximate surface area is 176 Å². The minimum Gasteiger partial charge on any atom is -0.457 e. The van der Waals surface area contributed by atoms with Gasteiger partial charge in [0.05, 0.1) is 0 Å². The molecule has 150 valence electrons. The lowest BCUT2D eigenvalue weighted by atomic mass is 9.84. The van der Waals surface area contributed by atoms with Gasteiger partial charge in [0.25, 0.3) is 0 Å². The van der Waals surface area contributed by atoms with Crippen molar-refractivity contribution in [2.45, 2.75) is 47.0 Å². The molecule has 0 aliphatic rings. The number of ether oxygens (including phenoxy) is 1. The minimum absolute atomic E-state index is 0.0740. The van der Waals surface area contributed by atoms with Gasteiger partial charge in [-0.3, -0.25) is 4.79 Å². The molecule has 0 saturated heterocycles. The molecule has 0 aliphatic carbocycles. The van der Waals surface area contributed by atoms with E-state index >= 15 is 0 Å². The Morgan fingerprint density at radius 3 is 1.97 bits per heavy atom. The summed E-state index contributed by atoms with van der Waals surface area (Å²) in [6.45, 7) is 12.7. The van der Waals surface area contributed by atoms with Crippen LogP contribution in [0.25, 0.3) is 0 Å². The molecule has 0 amide bonds. The van der Waals surface area contributed by atoms with Gasteiger partial charge in [0.1, 0.15) is 11.5 Å². The lowest BCUT2D eigenvalue weighted by molar-refractivity contribution is 0.108. The summed E-state index contributed by atoms with van der Waals surface area (Å²) in [4.78, 5) is 13.1. The van der Waals surface area contributed by atoms with E-state index in [0.29, 0.717) is 0 Å². The Balaban J connectivity index is 1.81. The van der Waals surface area contributed by atoms with Gasteiger partial charge >= 0.3 is 0 Å². The summed E-state index contributed by atoms with van der Waals surface area (Å²) in [6, 6.07) is 20.0. The molecule has 0 aliphatic heterocycles. The molecule has 2 nitrogen and oxygen atoms in total. The summed E-state index contributed by atoms with van der Waals surface area (Å²) in [7, 11) is 0.101. The van der Waals surface area contributed by atoms with Crippen LogP contribution in [0.3, 0.4) is 0 Å². The minimum atomic E-state index is 0.0740. The lowest BCUT2D eigenvalue weighted by Gasteiger charge is -2.22. The molecular weight excluding hydrogens is 375 g/mol. The molecule has 0 heterocycles. The Bertz CT molecular complexity index is 1010. The van der Waals surface area contributed by atoms with Crippen LogP contribution in [0.2, 0.25) is 0 Å². The fourth-order valence-electron chi connectivity index (χ4n) is 3.40. The first-order valence-electron chi connectivity index (χ1n) is 9.92. The van der Waals surface area contributed by atoms with Crippen molar-refractivity contribution in [1.29, 1.82) is 0 Å². The van der Waals surface area contributed by atoms with Crippen molar-refractivity contribution in [2.24, 2.45) is 0 Å². The van der Waals surface area contributed by atoms with E-state index in [2.05, 4.69) is 32.9 Å². The van der Waals surface area contributed by atoms with E-state index in [0.717, 1.165) is 39.1 Å². The monoisotopic (exact) mass is 404 g/mol. The van der Waals surface area contributed by atoms with Gasteiger partial charge < -0.3 is 4.74 Å². The summed E-state index contributed by atoms with van der Waals surface area (Å²) in [5, 5.41) is 1.06. The number of rotatable bonds is 5. The molecule has 1 atom stereocenters. The smallest absolute Gasteiger partial charge is 0.186 e. The highest BCUT2D eigenvalue weighted by atomic mass is 31.1. The second-order valence-electron chi connectivity index (χ2n) is 8.58. The van der Waals surface area contributed by atoms with Gasteiger partial charge in [-0.2, -0.15) is 0 Å². The van der Waals surface area contributed by atoms with Crippen LogP contribution in [0, 0.1) is 20.8 Å². The molecule has 29 heavy (non-hydrogen) atoms. The zero-order valence-electron chi connectivity index (χ0n) is 18.1. The van der Waals surface area contributed by atoms with Crippen LogP contribution in [-0.4, -0.2) is 5.52 Å². The number of hydrogen-bond acceptors (Lipinski definition) is 2. The number of aryl methyl sites for hydroxylation is 3. The molecule has 3 heteroatoms. The van der Waals surface area contributed by atoms with Gasteiger partial charge in [-0.25, -0.2) is 0 Å². The second-order valence-corrected chi connectivity index (χ2v) is 9.82. The fourth-order valence-corrected chi connectivity index (χ4v) is 4.60. The average Bonchev–Trinajstić information content (AvgIpc) is 2.63. The third-order valence-electron chi connectivity index (χ3n) is 5.05. The van der Waals surface area contributed by atoms with Crippen LogP contribution in [-0.2, 0) is 5.41 Å². The third kappa shape index (κ3) is 5.14. The Morgan fingerprint density at radius 2 is 1.41 bits per heavy atom. The first-order chi connectivity index (χ1) is 13.6. The normalized spacial score (nSPS) is 11.8. The molecule has 0 N–H and O–H groups in total. The highest BCUT2D eigenvalue weighted by Gasteiger charge is 2.20. The van der Waals surface area contributed by atoms with Crippen molar-refractivity contribution in [3.05, 3.63) is 88.5 Å². The average molecular weight is 404 g/mol. The zero-order valence-corrected chi connectivity index (χ0v) is 19.1. The highest BCUT2D eigenvalue weighted by molar-refractivity contribution is 7.66. The van der Waals surface area contributed by atoms with Crippen LogP contribution in [0.1, 0.15) is 53.4 Å². The van der Waals surface area contributed by atoms with Crippen molar-refractivity contribution >= 4 is 19.4 Å². The SMILES string of the molecule is Cc1cc(Oc2ccccc2)ccc1PC(=O)c1c(C)cc(C(C)(C)C)cc1C. The maximum absolute atomic E-state index is 13.1. The van der Waals surface area contributed by atoms with E-state index < -0.39 is 0 Å². The van der Waals surface area contributed by atoms with Gasteiger partial charge in [0.15, 0.2) is 5.52 Å². The topological polar surface area (TPSA) is 26.3 Å². The standard InChI is InChI=1S/C26H29O2P/c1-17-16-22(28-21-10-8-7-9-11-21)12-13-23(17)29-25(27)24-18(2)14-20(15-19(24)3)26(4,5)6/h7-16,29H,1-6H3. The molecule has 0 aromatic heterocycles. The number of benzene rings is 3. The molecule has 0 bridgehead atoms. The van der Waals surface area contributed by atoms with E-state index in [1.807, 2.05) is 69.3 Å². The van der Waals surface area contributed by atoms with Gasteiger partial charge in [0.2, 0.25) is 0 Å². The zero-order chi connectivity index (χ0) is 21.2. The molecule has 0 saturated carbocycles. The first kappa shape index (κ1) is 21.3. The van der Waals surface area contributed by atoms with Gasteiger partial charge in [0, 0.05) is 5.56 Å². The van der Waals surface area contributed by atoms with Gasteiger partial charge in [-0.15, -0.1) is 0 Å². The van der Waals surface area contributed by atoms with Crippen LogP contribution < -0.4 is 10.0 Å². The van der Waals surface area contributed by atoms with E-state index in [-0.39, 0.29) is 19.5 Å². The molecule has 1 unspecified atom stereocenters. The third-order valence-corrected chi connectivity index (χ3v) is 6.36. The quantitative estimate of drug-likeness (QED) is 0.435. The first-order valence-corrected chi connectivity index (χ1v) is 10.9. The highest BCUT2D eigenvalue weighted by Crippen LogP contribution is 2.31. The van der Waals surface area contributed by atoms with Crippen molar-refractivity contribution < 1.29 is 9.53 Å². The molecular formula is C26H29O2P. The number of carbonyl (C=O) groups excluding carboxylic acids is 1. The number of hydrogen-bond donors (Lipinski definition) is 0. The Morgan fingerprint density at radius 1 is 0.793 bits per heavy atom. The van der Waals surface area contributed by atoms with Crippen molar-refractivity contribution in [3.8, 4) is 11.5 Å². The molecule has 0 fully saturated rings. The van der Waals surface area contributed by atoms with E-state index in [1.165, 1.54) is 5.56 Å². The van der Waals surface area contributed by atoms with Crippen LogP contribution in [0.4, 0.5) is 0 Å². The summed E-state index contributed by atoms with van der Waals surface area (Å²) in [5.41, 5.74) is 5.60. The van der Waals surface area contributed by atoms with E-state index in [1.54, 1.807) is 0 Å². The lowest BCUT2D eigenvalue weighted by Crippen LogP contribution is -2.14. The van der Waals surface area contributed by atoms with Gasteiger partial charge in [-0.05, 0) is 86.6 Å². The molecule has 3 aromatic carbocycles. The van der Waals surface area contributed by atoms with Gasteiger partial charge in [-0.1, -0.05) is 57.2 Å². The van der Waals surface area contributed by atoms with E-state index in [9.17, 15) is 4.79 Å². The second kappa shape index (κ2) is 8.51. The fraction of sp³-hybridized carbons (Fsp3) is 0.269. The van der Waals surface area contributed by atoms with Crippen molar-refractivity contribution in [2.75, 3.05) is 0 Å².